The van der Waals surface area contributed by atoms with Crippen LogP contribution in [0.15, 0.2) is 253 Å². The first-order valence-corrected chi connectivity index (χ1v) is 28.0. The van der Waals surface area contributed by atoms with E-state index in [-0.39, 0.29) is 12.1 Å². The molecular weight excluding hydrogens is 982 g/mol. The first-order valence-electron chi connectivity index (χ1n) is 27.2. The smallest absolute Gasteiger partial charge is 0.256 e. The molecule has 7 heteroatoms. The number of rotatable bonds is 7. The molecule has 2 aliphatic rings. The second kappa shape index (κ2) is 17.5. The minimum atomic E-state index is -0.156. The van der Waals surface area contributed by atoms with Gasteiger partial charge in [-0.1, -0.05) is 160 Å². The molecule has 16 rings (SSSR count). The summed E-state index contributed by atoms with van der Waals surface area (Å²) in [5, 5.41) is 9.52. The molecule has 5 nitrogen and oxygen atoms in total. The van der Waals surface area contributed by atoms with Crippen molar-refractivity contribution in [2.45, 2.75) is 26.2 Å². The molecule has 0 atom stereocenters. The summed E-state index contributed by atoms with van der Waals surface area (Å²) >= 11 is 1.87. The Labute approximate surface area is 462 Å². The van der Waals surface area contributed by atoms with Crippen LogP contribution in [-0.4, -0.2) is 6.71 Å². The Balaban J connectivity index is 0.956. The Hall–Kier alpha value is -9.56. The number of hydrogen-bond acceptors (Lipinski definition) is 6. The third-order valence-corrected chi connectivity index (χ3v) is 17.5. The average molecular weight is 1030 g/mol. The van der Waals surface area contributed by atoms with Crippen molar-refractivity contribution in [2.75, 3.05) is 14.7 Å². The number of fused-ring (bicyclic) bond motifs is 13. The minimum Gasteiger partial charge on any atom is -0.458 e. The lowest BCUT2D eigenvalue weighted by molar-refractivity contribution is 0.488. The van der Waals surface area contributed by atoms with E-state index in [2.05, 4.69) is 272 Å². The molecule has 0 saturated carbocycles. The predicted octanol–water partition coefficient (Wildman–Crippen LogP) is 18.9. The molecule has 0 radical (unpaired) electrons. The third-order valence-electron chi connectivity index (χ3n) is 16.4. The van der Waals surface area contributed by atoms with Crippen molar-refractivity contribution >= 4 is 149 Å². The van der Waals surface area contributed by atoms with Crippen LogP contribution in [0.25, 0.3) is 63.7 Å². The van der Waals surface area contributed by atoms with Gasteiger partial charge >= 0.3 is 0 Å². The second-order valence-electron chi connectivity index (χ2n) is 22.1. The number of anilines is 9. The van der Waals surface area contributed by atoms with Crippen molar-refractivity contribution in [2.24, 2.45) is 0 Å². The fraction of sp³-hybridized carbons (Fsp3) is 0.0556. The summed E-state index contributed by atoms with van der Waals surface area (Å²) in [6.07, 6.45) is 0. The van der Waals surface area contributed by atoms with Crippen LogP contribution < -0.4 is 35.8 Å². The first kappa shape index (κ1) is 45.6. The Morgan fingerprint density at radius 1 is 0.392 bits per heavy atom. The Morgan fingerprint density at radius 3 is 1.76 bits per heavy atom. The van der Waals surface area contributed by atoms with Crippen LogP contribution in [0.3, 0.4) is 0 Å². The van der Waals surface area contributed by atoms with E-state index in [0.717, 1.165) is 95.5 Å². The first-order chi connectivity index (χ1) is 38.8. The molecule has 0 spiro atoms. The Kier molecular flexibility index (Phi) is 10.1. The molecule has 4 heterocycles. The lowest BCUT2D eigenvalue weighted by Gasteiger charge is -2.41. The molecule has 0 aliphatic carbocycles. The summed E-state index contributed by atoms with van der Waals surface area (Å²) in [7, 11) is 0. The quantitative estimate of drug-likeness (QED) is 0.117. The van der Waals surface area contributed by atoms with Gasteiger partial charge in [0.25, 0.3) is 6.71 Å². The van der Waals surface area contributed by atoms with Crippen LogP contribution >= 0.6 is 11.3 Å². The number of benzene rings is 12. The van der Waals surface area contributed by atoms with Crippen molar-refractivity contribution in [3.8, 4) is 11.5 Å². The number of hydrogen-bond donors (Lipinski definition) is 0. The number of thiophene rings is 1. The van der Waals surface area contributed by atoms with Gasteiger partial charge in [0.2, 0.25) is 0 Å². The molecule has 0 fully saturated rings. The zero-order valence-electron chi connectivity index (χ0n) is 43.8. The van der Waals surface area contributed by atoms with Gasteiger partial charge in [-0.3, -0.25) is 0 Å². The monoisotopic (exact) mass is 1030 g/mol. The molecule has 14 aromatic rings. The molecule has 0 bridgehead atoms. The van der Waals surface area contributed by atoms with E-state index in [1.54, 1.807) is 0 Å². The standard InChI is InChI=1S/C72H50BN3O2S/c1-72(2,3)47-29-32-50(33-30-47)76-63-44-70-60(57-23-13-15-25-69(57)79-70)43-62(63)73-61-36-34-53(41-67(61)78-68-42-54(40-64(76)71(68)73)74(48-17-6-4-7-18-48)49-19-8-5-9-20-49)75(52-35-37-66-59(39-52)56-22-12-14-24-65(56)77-66)51-31-28-46-27-26-45-16-10-11-21-55(45)58(46)38-51/h4-44H,1-3H3. The fourth-order valence-corrected chi connectivity index (χ4v) is 13.7. The van der Waals surface area contributed by atoms with Gasteiger partial charge in [0.1, 0.15) is 22.7 Å². The molecule has 2 aliphatic heterocycles. The van der Waals surface area contributed by atoms with Crippen molar-refractivity contribution in [1.29, 1.82) is 0 Å². The zero-order chi connectivity index (χ0) is 52.5. The lowest BCUT2D eigenvalue weighted by Crippen LogP contribution is -2.59. The summed E-state index contributed by atoms with van der Waals surface area (Å²) in [4.78, 5) is 7.24. The van der Waals surface area contributed by atoms with Crippen LogP contribution in [0, 0.1) is 0 Å². The van der Waals surface area contributed by atoms with Crippen molar-refractivity contribution < 1.29 is 9.15 Å². The van der Waals surface area contributed by atoms with E-state index in [9.17, 15) is 0 Å². The molecule has 0 unspecified atom stereocenters. The number of nitrogens with zero attached hydrogens (tertiary/aromatic N) is 3. The van der Waals surface area contributed by atoms with E-state index < -0.39 is 0 Å². The van der Waals surface area contributed by atoms with Crippen LogP contribution in [-0.2, 0) is 5.41 Å². The second-order valence-corrected chi connectivity index (χ2v) is 23.2. The van der Waals surface area contributed by atoms with Gasteiger partial charge < -0.3 is 23.9 Å². The summed E-state index contributed by atoms with van der Waals surface area (Å²) in [5.41, 5.74) is 16.0. The van der Waals surface area contributed by atoms with Gasteiger partial charge in [-0.2, -0.15) is 0 Å². The van der Waals surface area contributed by atoms with Gasteiger partial charge in [0.15, 0.2) is 0 Å². The van der Waals surface area contributed by atoms with Crippen LogP contribution in [0.5, 0.6) is 11.5 Å². The zero-order valence-corrected chi connectivity index (χ0v) is 44.6. The molecule has 0 saturated heterocycles. The fourth-order valence-electron chi connectivity index (χ4n) is 12.6. The summed E-state index contributed by atoms with van der Waals surface area (Å²) in [6.45, 7) is 6.69. The van der Waals surface area contributed by atoms with E-state index in [4.69, 9.17) is 9.15 Å². The van der Waals surface area contributed by atoms with Gasteiger partial charge in [-0.15, -0.1) is 11.3 Å². The van der Waals surface area contributed by atoms with Crippen molar-refractivity contribution in [1.82, 2.24) is 0 Å². The number of furan rings is 1. The molecular formula is C72H50BN3O2S. The third kappa shape index (κ3) is 7.30. The van der Waals surface area contributed by atoms with Gasteiger partial charge in [0.05, 0.1) is 5.69 Å². The number of ether oxygens (including phenoxy) is 1. The largest absolute Gasteiger partial charge is 0.458 e. The molecule has 79 heavy (non-hydrogen) atoms. The van der Waals surface area contributed by atoms with Crippen LogP contribution in [0.1, 0.15) is 26.3 Å². The Bertz CT molecular complexity index is 4730. The van der Waals surface area contributed by atoms with E-state index in [0.29, 0.717) is 0 Å². The highest BCUT2D eigenvalue weighted by atomic mass is 32.1. The highest BCUT2D eigenvalue weighted by Gasteiger charge is 2.43. The number of para-hydroxylation sites is 3. The summed E-state index contributed by atoms with van der Waals surface area (Å²) in [5.74, 6) is 1.64. The minimum absolute atomic E-state index is 0.00728. The predicted molar refractivity (Wildman–Crippen MR) is 336 cm³/mol. The van der Waals surface area contributed by atoms with Gasteiger partial charge in [-0.25, -0.2) is 0 Å². The molecule has 0 N–H and O–H groups in total. The average Bonchev–Trinajstić information content (AvgIpc) is 4.23. The van der Waals surface area contributed by atoms with E-state index in [1.807, 2.05) is 23.5 Å². The van der Waals surface area contributed by atoms with E-state index in [1.165, 1.54) is 52.7 Å². The summed E-state index contributed by atoms with van der Waals surface area (Å²) < 4.78 is 16.6. The SMILES string of the molecule is CC(C)(C)c1ccc(N2c3cc4sc5ccccc5c4cc3B3c4ccc(N(c5ccc6ccc7ccccc7c6c5)c5ccc6oc7ccccc7c6c5)cc4Oc4cc(N(c5ccccc5)c5ccccc5)cc2c43)cc1. The normalized spacial score (nSPS) is 12.8. The molecule has 2 aromatic heterocycles. The van der Waals surface area contributed by atoms with Crippen LogP contribution in [0.4, 0.5) is 51.2 Å². The maximum atomic E-state index is 7.61. The maximum Gasteiger partial charge on any atom is 0.256 e. The molecule has 374 valence electrons. The topological polar surface area (TPSA) is 32.1 Å². The van der Waals surface area contributed by atoms with E-state index >= 15 is 0 Å². The molecule has 0 amide bonds. The van der Waals surface area contributed by atoms with Gasteiger partial charge in [-0.05, 0) is 151 Å². The highest BCUT2D eigenvalue weighted by molar-refractivity contribution is 7.26. The Morgan fingerprint density at radius 2 is 0.987 bits per heavy atom. The van der Waals surface area contributed by atoms with Crippen molar-refractivity contribution in [3.63, 3.8) is 0 Å². The van der Waals surface area contributed by atoms with Gasteiger partial charge in [0, 0.05) is 83.2 Å². The highest BCUT2D eigenvalue weighted by Crippen LogP contribution is 2.49. The lowest BCUT2D eigenvalue weighted by atomic mass is 9.34. The molecule has 12 aromatic carbocycles. The van der Waals surface area contributed by atoms with Crippen molar-refractivity contribution in [3.05, 3.63) is 254 Å². The summed E-state index contributed by atoms with van der Waals surface area (Å²) in [6, 6.07) is 90.9. The van der Waals surface area contributed by atoms with Crippen LogP contribution in [0.2, 0.25) is 0 Å². The maximum absolute atomic E-state index is 7.61.